The summed E-state index contributed by atoms with van der Waals surface area (Å²) in [5.41, 5.74) is -0.279. The molecular weight excluding hydrogens is 276 g/mol. The molecule has 2 unspecified atom stereocenters. The zero-order valence-electron chi connectivity index (χ0n) is 12.2. The number of benzene rings is 1. The molecule has 1 saturated carbocycles. The summed E-state index contributed by atoms with van der Waals surface area (Å²) in [6.07, 6.45) is 4.00. The van der Waals surface area contributed by atoms with E-state index in [0.717, 1.165) is 31.7 Å². The lowest BCUT2D eigenvalue weighted by Gasteiger charge is -2.30. The number of aryl methyl sites for hydroxylation is 1. The number of aliphatic hydroxyl groups is 1. The van der Waals surface area contributed by atoms with Gasteiger partial charge in [0.1, 0.15) is 17.2 Å². The minimum absolute atomic E-state index is 0.0910. The summed E-state index contributed by atoms with van der Waals surface area (Å²) in [4.78, 5) is 12.0. The van der Waals surface area contributed by atoms with Crippen LogP contribution in [0, 0.1) is 30.4 Å². The molecular formula is C16H21F2NO2. The number of hydrogen-bond acceptors (Lipinski definition) is 2. The number of carbonyl (C=O) groups excluding carboxylic acids is 1. The highest BCUT2D eigenvalue weighted by Crippen LogP contribution is 2.29. The Morgan fingerprint density at radius 1 is 1.29 bits per heavy atom. The Kier molecular flexibility index (Phi) is 5.28. The molecule has 0 bridgehead atoms. The molecule has 1 aromatic carbocycles. The molecule has 1 aliphatic carbocycles. The van der Waals surface area contributed by atoms with Crippen LogP contribution in [0.25, 0.3) is 0 Å². The topological polar surface area (TPSA) is 49.3 Å². The molecule has 0 aliphatic heterocycles. The van der Waals surface area contributed by atoms with Crippen LogP contribution in [-0.2, 0) is 0 Å². The Labute approximate surface area is 123 Å². The number of aliphatic hydroxyl groups excluding tert-OH is 1. The second-order valence-corrected chi connectivity index (χ2v) is 5.75. The average molecular weight is 297 g/mol. The predicted molar refractivity (Wildman–Crippen MR) is 76.0 cm³/mol. The van der Waals surface area contributed by atoms with Gasteiger partial charge in [0.2, 0.25) is 0 Å². The van der Waals surface area contributed by atoms with Crippen LogP contribution < -0.4 is 5.32 Å². The third kappa shape index (κ3) is 3.59. The molecule has 0 saturated heterocycles. The number of rotatable bonds is 4. The van der Waals surface area contributed by atoms with Gasteiger partial charge in [-0.3, -0.25) is 4.79 Å². The number of nitrogens with one attached hydrogen (secondary N) is 1. The van der Waals surface area contributed by atoms with Gasteiger partial charge in [-0.1, -0.05) is 18.9 Å². The molecule has 0 spiro atoms. The third-order valence-corrected chi connectivity index (χ3v) is 4.34. The van der Waals surface area contributed by atoms with Crippen molar-refractivity contribution >= 4 is 5.91 Å². The lowest BCUT2D eigenvalue weighted by molar-refractivity contribution is 0.0901. The van der Waals surface area contributed by atoms with Crippen LogP contribution in [0.1, 0.15) is 41.6 Å². The second-order valence-electron chi connectivity index (χ2n) is 5.75. The van der Waals surface area contributed by atoms with Crippen LogP contribution in [-0.4, -0.2) is 24.2 Å². The zero-order valence-corrected chi connectivity index (χ0v) is 12.2. The number of carbonyl (C=O) groups is 1. The SMILES string of the molecule is Cc1ccc(F)c(C(=O)NCC2CCCCC2CO)c1F. The van der Waals surface area contributed by atoms with E-state index in [-0.39, 0.29) is 24.0 Å². The fraction of sp³-hybridized carbons (Fsp3) is 0.562. The maximum absolute atomic E-state index is 13.9. The summed E-state index contributed by atoms with van der Waals surface area (Å²) in [5.74, 6) is -2.06. The number of amides is 1. The molecule has 2 N–H and O–H groups in total. The van der Waals surface area contributed by atoms with Gasteiger partial charge in [-0.25, -0.2) is 8.78 Å². The van der Waals surface area contributed by atoms with Gasteiger partial charge in [-0.2, -0.15) is 0 Å². The smallest absolute Gasteiger partial charge is 0.257 e. The van der Waals surface area contributed by atoms with Crippen LogP contribution in [0.5, 0.6) is 0 Å². The van der Waals surface area contributed by atoms with Crippen molar-refractivity contribution in [3.63, 3.8) is 0 Å². The molecule has 1 fully saturated rings. The van der Waals surface area contributed by atoms with Gasteiger partial charge in [0, 0.05) is 13.2 Å². The van der Waals surface area contributed by atoms with E-state index in [9.17, 15) is 18.7 Å². The second kappa shape index (κ2) is 6.98. The molecule has 1 amide bonds. The first-order valence-electron chi connectivity index (χ1n) is 7.38. The van der Waals surface area contributed by atoms with E-state index in [0.29, 0.717) is 6.54 Å². The molecule has 1 aromatic rings. The molecule has 0 heterocycles. The highest BCUT2D eigenvalue weighted by Gasteiger charge is 2.26. The first kappa shape index (κ1) is 15.9. The van der Waals surface area contributed by atoms with Crippen molar-refractivity contribution in [3.8, 4) is 0 Å². The normalized spacial score (nSPS) is 22.1. The highest BCUT2D eigenvalue weighted by atomic mass is 19.1. The van der Waals surface area contributed by atoms with Gasteiger partial charge in [-0.05, 0) is 43.2 Å². The fourth-order valence-corrected chi connectivity index (χ4v) is 2.97. The minimum Gasteiger partial charge on any atom is -0.396 e. The zero-order chi connectivity index (χ0) is 15.4. The van der Waals surface area contributed by atoms with E-state index in [4.69, 9.17) is 0 Å². The van der Waals surface area contributed by atoms with Gasteiger partial charge in [-0.15, -0.1) is 0 Å². The van der Waals surface area contributed by atoms with Crippen molar-refractivity contribution in [1.82, 2.24) is 5.32 Å². The monoisotopic (exact) mass is 297 g/mol. The van der Waals surface area contributed by atoms with E-state index in [1.165, 1.54) is 13.0 Å². The van der Waals surface area contributed by atoms with Gasteiger partial charge in [0.15, 0.2) is 0 Å². The molecule has 0 aromatic heterocycles. The third-order valence-electron chi connectivity index (χ3n) is 4.34. The molecule has 3 nitrogen and oxygen atoms in total. The Hall–Kier alpha value is -1.49. The van der Waals surface area contributed by atoms with Crippen LogP contribution in [0.2, 0.25) is 0 Å². The van der Waals surface area contributed by atoms with Crippen molar-refractivity contribution in [2.75, 3.05) is 13.2 Å². The molecule has 2 atom stereocenters. The van der Waals surface area contributed by atoms with Crippen LogP contribution in [0.3, 0.4) is 0 Å². The Bertz CT molecular complexity index is 519. The summed E-state index contributed by atoms with van der Waals surface area (Å²) in [6, 6.07) is 2.41. The molecule has 21 heavy (non-hydrogen) atoms. The number of hydrogen-bond donors (Lipinski definition) is 2. The summed E-state index contributed by atoms with van der Waals surface area (Å²) >= 11 is 0. The van der Waals surface area contributed by atoms with Crippen LogP contribution >= 0.6 is 0 Å². The first-order valence-corrected chi connectivity index (χ1v) is 7.38. The van der Waals surface area contributed by atoms with Crippen molar-refractivity contribution in [1.29, 1.82) is 0 Å². The molecule has 0 radical (unpaired) electrons. The fourth-order valence-electron chi connectivity index (χ4n) is 2.97. The Morgan fingerprint density at radius 3 is 2.62 bits per heavy atom. The van der Waals surface area contributed by atoms with Crippen molar-refractivity contribution < 1.29 is 18.7 Å². The largest absolute Gasteiger partial charge is 0.396 e. The first-order chi connectivity index (χ1) is 10.0. The van der Waals surface area contributed by atoms with Gasteiger partial charge < -0.3 is 10.4 Å². The lowest BCUT2D eigenvalue weighted by Crippen LogP contribution is -2.36. The van der Waals surface area contributed by atoms with E-state index < -0.39 is 23.1 Å². The van der Waals surface area contributed by atoms with Crippen molar-refractivity contribution in [2.24, 2.45) is 11.8 Å². The van der Waals surface area contributed by atoms with Gasteiger partial charge >= 0.3 is 0 Å². The number of halogens is 2. The van der Waals surface area contributed by atoms with E-state index in [2.05, 4.69) is 5.32 Å². The highest BCUT2D eigenvalue weighted by molar-refractivity contribution is 5.94. The Balaban J connectivity index is 2.03. The Morgan fingerprint density at radius 2 is 1.95 bits per heavy atom. The molecule has 5 heteroatoms. The molecule has 2 rings (SSSR count). The summed E-state index contributed by atoms with van der Waals surface area (Å²) in [7, 11) is 0. The average Bonchev–Trinajstić information content (AvgIpc) is 2.49. The molecule has 1 aliphatic rings. The summed E-state index contributed by atoms with van der Waals surface area (Å²) in [6.45, 7) is 1.93. The predicted octanol–water partition coefficient (Wildman–Crippen LogP) is 2.80. The standard InChI is InChI=1S/C16H21F2NO2/c1-10-6-7-13(17)14(15(10)18)16(21)19-8-11-4-2-3-5-12(11)9-20/h6-7,11-12,20H,2-5,8-9H2,1H3,(H,19,21). The van der Waals surface area contributed by atoms with Crippen LogP contribution in [0.15, 0.2) is 12.1 Å². The molecule has 116 valence electrons. The van der Waals surface area contributed by atoms with Gasteiger partial charge in [0.05, 0.1) is 0 Å². The maximum atomic E-state index is 13.9. The maximum Gasteiger partial charge on any atom is 0.257 e. The van der Waals surface area contributed by atoms with E-state index in [1.54, 1.807) is 0 Å². The lowest BCUT2D eigenvalue weighted by atomic mass is 9.79. The quantitative estimate of drug-likeness (QED) is 0.898. The summed E-state index contributed by atoms with van der Waals surface area (Å²) < 4.78 is 27.5. The van der Waals surface area contributed by atoms with Crippen LogP contribution in [0.4, 0.5) is 8.78 Å². The minimum atomic E-state index is -0.849. The van der Waals surface area contributed by atoms with Gasteiger partial charge in [0.25, 0.3) is 5.91 Å². The van der Waals surface area contributed by atoms with Crippen molar-refractivity contribution in [3.05, 3.63) is 34.9 Å². The van der Waals surface area contributed by atoms with Crippen molar-refractivity contribution in [2.45, 2.75) is 32.6 Å². The summed E-state index contributed by atoms with van der Waals surface area (Å²) in [5, 5.41) is 11.9. The van der Waals surface area contributed by atoms with E-state index in [1.807, 2.05) is 0 Å². The van der Waals surface area contributed by atoms with E-state index >= 15 is 0 Å².